The Morgan fingerprint density at radius 1 is 1.41 bits per heavy atom. The van der Waals surface area contributed by atoms with Crippen LogP contribution in [0.25, 0.3) is 10.8 Å². The molecular weight excluding hydrogens is 322 g/mol. The number of hydrogen-bond donors (Lipinski definition) is 2. The summed E-state index contributed by atoms with van der Waals surface area (Å²) in [5, 5.41) is 5.30. The van der Waals surface area contributed by atoms with E-state index in [4.69, 9.17) is 10.2 Å². The van der Waals surface area contributed by atoms with E-state index < -0.39 is 0 Å². The first-order valence-corrected chi connectivity index (χ1v) is 7.95. The van der Waals surface area contributed by atoms with Crippen LogP contribution in [0.5, 0.6) is 0 Å². The molecule has 2 heterocycles. The van der Waals surface area contributed by atoms with Gasteiger partial charge in [-0.05, 0) is 31.9 Å². The maximum Gasteiger partial charge on any atom is 0.270 e. The first-order valence-electron chi connectivity index (χ1n) is 7.07. The third-order valence-electron chi connectivity index (χ3n) is 3.70. The molecule has 3 N–H and O–H groups in total. The number of halogens is 1. The van der Waals surface area contributed by atoms with Crippen molar-refractivity contribution < 1.29 is 9.21 Å². The molecule has 0 saturated heterocycles. The molecule has 5 nitrogen and oxygen atoms in total. The van der Waals surface area contributed by atoms with Crippen molar-refractivity contribution in [1.29, 1.82) is 0 Å². The van der Waals surface area contributed by atoms with E-state index in [1.165, 1.54) is 11.3 Å². The van der Waals surface area contributed by atoms with Gasteiger partial charge >= 0.3 is 0 Å². The highest BCUT2D eigenvalue weighted by atomic mass is 35.5. The molecule has 2 aromatic rings. The minimum Gasteiger partial charge on any atom is -0.459 e. The highest BCUT2D eigenvalue weighted by molar-refractivity contribution is 7.13. The SMILES string of the molecule is CCC(N)(CC)CNC(=O)c1csc(-c2ccc(C)o2)n1.Cl. The summed E-state index contributed by atoms with van der Waals surface area (Å²) >= 11 is 1.39. The van der Waals surface area contributed by atoms with E-state index in [2.05, 4.69) is 10.3 Å². The number of nitrogens with one attached hydrogen (secondary N) is 1. The number of hydrogen-bond acceptors (Lipinski definition) is 5. The fourth-order valence-electron chi connectivity index (χ4n) is 1.89. The number of amides is 1. The van der Waals surface area contributed by atoms with Gasteiger partial charge in [0.05, 0.1) is 0 Å². The molecule has 0 aliphatic heterocycles. The zero-order chi connectivity index (χ0) is 15.5. The molecule has 0 aromatic carbocycles. The van der Waals surface area contributed by atoms with E-state index in [0.29, 0.717) is 23.0 Å². The van der Waals surface area contributed by atoms with Crippen LogP contribution in [0, 0.1) is 6.92 Å². The van der Waals surface area contributed by atoms with Crippen LogP contribution in [0.15, 0.2) is 21.9 Å². The van der Waals surface area contributed by atoms with Crippen LogP contribution in [0.4, 0.5) is 0 Å². The summed E-state index contributed by atoms with van der Waals surface area (Å²) in [6.07, 6.45) is 1.63. The number of thiazole rings is 1. The molecule has 0 unspecified atom stereocenters. The van der Waals surface area contributed by atoms with Crippen LogP contribution < -0.4 is 11.1 Å². The predicted octanol–water partition coefficient (Wildman–Crippen LogP) is 3.38. The second-order valence-electron chi connectivity index (χ2n) is 5.20. The van der Waals surface area contributed by atoms with Gasteiger partial charge in [0.15, 0.2) is 10.8 Å². The maximum atomic E-state index is 12.1. The zero-order valence-corrected chi connectivity index (χ0v) is 14.6. The molecule has 1 amide bonds. The third kappa shape index (κ3) is 4.32. The predicted molar refractivity (Wildman–Crippen MR) is 91.6 cm³/mol. The Morgan fingerprint density at radius 2 is 2.09 bits per heavy atom. The molecule has 0 spiro atoms. The first kappa shape index (κ1) is 18.7. The average molecular weight is 344 g/mol. The number of rotatable bonds is 6. The van der Waals surface area contributed by atoms with Crippen LogP contribution in [-0.4, -0.2) is 23.0 Å². The minimum atomic E-state index is -0.355. The van der Waals surface area contributed by atoms with E-state index >= 15 is 0 Å². The molecule has 2 rings (SSSR count). The summed E-state index contributed by atoms with van der Waals surface area (Å²) < 4.78 is 5.51. The van der Waals surface area contributed by atoms with E-state index in [-0.39, 0.29) is 23.9 Å². The zero-order valence-electron chi connectivity index (χ0n) is 13.0. The number of carbonyl (C=O) groups excluding carboxylic acids is 1. The number of nitrogens with two attached hydrogens (primary N) is 1. The van der Waals surface area contributed by atoms with Crippen molar-refractivity contribution >= 4 is 29.7 Å². The standard InChI is InChI=1S/C15H21N3O2S.ClH/c1-4-15(16,5-2)9-17-13(19)11-8-21-14(18-11)12-7-6-10(3)20-12;/h6-8H,4-5,9,16H2,1-3H3,(H,17,19);1H. The van der Waals surface area contributed by atoms with Gasteiger partial charge in [0, 0.05) is 17.5 Å². The van der Waals surface area contributed by atoms with Crippen molar-refractivity contribution in [2.24, 2.45) is 5.73 Å². The lowest BCUT2D eigenvalue weighted by Crippen LogP contribution is -2.49. The number of aromatic nitrogens is 1. The lowest BCUT2D eigenvalue weighted by atomic mass is 9.94. The van der Waals surface area contributed by atoms with Crippen LogP contribution in [0.3, 0.4) is 0 Å². The van der Waals surface area contributed by atoms with E-state index in [1.54, 1.807) is 5.38 Å². The minimum absolute atomic E-state index is 0. The van der Waals surface area contributed by atoms with Gasteiger partial charge in [-0.2, -0.15) is 0 Å². The maximum absolute atomic E-state index is 12.1. The molecule has 0 aliphatic rings. The molecule has 0 bridgehead atoms. The van der Waals surface area contributed by atoms with Crippen molar-refractivity contribution in [1.82, 2.24) is 10.3 Å². The Kier molecular flexibility index (Phi) is 6.59. The highest BCUT2D eigenvalue weighted by Crippen LogP contribution is 2.25. The summed E-state index contributed by atoms with van der Waals surface area (Å²) in [7, 11) is 0. The van der Waals surface area contributed by atoms with Gasteiger partial charge in [-0.25, -0.2) is 4.98 Å². The monoisotopic (exact) mass is 343 g/mol. The van der Waals surface area contributed by atoms with Crippen molar-refractivity contribution in [3.8, 4) is 10.8 Å². The fourth-order valence-corrected chi connectivity index (χ4v) is 2.65. The molecule has 2 aromatic heterocycles. The van der Waals surface area contributed by atoms with E-state index in [0.717, 1.165) is 18.6 Å². The lowest BCUT2D eigenvalue weighted by molar-refractivity contribution is 0.0938. The third-order valence-corrected chi connectivity index (χ3v) is 4.55. The van der Waals surface area contributed by atoms with Gasteiger partial charge in [0.2, 0.25) is 0 Å². The van der Waals surface area contributed by atoms with Crippen molar-refractivity contribution in [2.75, 3.05) is 6.54 Å². The number of furan rings is 1. The molecule has 0 atom stereocenters. The van der Waals surface area contributed by atoms with Crippen molar-refractivity contribution in [3.63, 3.8) is 0 Å². The molecule has 22 heavy (non-hydrogen) atoms. The van der Waals surface area contributed by atoms with Crippen molar-refractivity contribution in [2.45, 2.75) is 39.2 Å². The van der Waals surface area contributed by atoms with E-state index in [9.17, 15) is 4.79 Å². The van der Waals surface area contributed by atoms with Crippen LogP contribution in [0.1, 0.15) is 42.9 Å². The summed E-state index contributed by atoms with van der Waals surface area (Å²) in [6, 6.07) is 3.73. The number of carbonyl (C=O) groups is 1. The van der Waals surface area contributed by atoms with Gasteiger partial charge in [-0.3, -0.25) is 4.79 Å². The lowest BCUT2D eigenvalue weighted by Gasteiger charge is -2.26. The summed E-state index contributed by atoms with van der Waals surface area (Å²) in [6.45, 7) is 6.37. The smallest absolute Gasteiger partial charge is 0.270 e. The molecule has 7 heteroatoms. The number of nitrogens with zero attached hydrogens (tertiary/aromatic N) is 1. The van der Waals surface area contributed by atoms with Gasteiger partial charge in [0.25, 0.3) is 5.91 Å². The van der Waals surface area contributed by atoms with Gasteiger partial charge < -0.3 is 15.5 Å². The first-order chi connectivity index (χ1) is 9.97. The number of aryl methyl sites for hydroxylation is 1. The van der Waals surface area contributed by atoms with Gasteiger partial charge in [0.1, 0.15) is 11.5 Å². The van der Waals surface area contributed by atoms with Gasteiger partial charge in [-0.1, -0.05) is 13.8 Å². The second-order valence-corrected chi connectivity index (χ2v) is 6.06. The van der Waals surface area contributed by atoms with Gasteiger partial charge in [-0.15, -0.1) is 23.7 Å². The fraction of sp³-hybridized carbons (Fsp3) is 0.467. The largest absolute Gasteiger partial charge is 0.459 e. The van der Waals surface area contributed by atoms with Crippen molar-refractivity contribution in [3.05, 3.63) is 29.0 Å². The molecule has 0 saturated carbocycles. The quantitative estimate of drug-likeness (QED) is 0.842. The average Bonchev–Trinajstić information content (AvgIpc) is 3.13. The Bertz CT molecular complexity index is 620. The molecule has 0 aliphatic carbocycles. The molecule has 122 valence electrons. The summed E-state index contributed by atoms with van der Waals surface area (Å²) in [5.41, 5.74) is 6.22. The topological polar surface area (TPSA) is 81.1 Å². The highest BCUT2D eigenvalue weighted by Gasteiger charge is 2.22. The molecule has 0 fully saturated rings. The Hall–Kier alpha value is -1.37. The van der Waals surface area contributed by atoms with Crippen LogP contribution in [-0.2, 0) is 0 Å². The molecular formula is C15H22ClN3O2S. The molecule has 0 radical (unpaired) electrons. The van der Waals surface area contributed by atoms with Crippen LogP contribution in [0.2, 0.25) is 0 Å². The summed E-state index contributed by atoms with van der Waals surface area (Å²) in [5.74, 6) is 1.31. The Labute approximate surface area is 140 Å². The van der Waals surface area contributed by atoms with E-state index in [1.807, 2.05) is 32.9 Å². The second kappa shape index (κ2) is 7.76. The normalized spacial score (nSPS) is 11.1. The summed E-state index contributed by atoms with van der Waals surface area (Å²) in [4.78, 5) is 16.4. The Morgan fingerprint density at radius 3 is 2.64 bits per heavy atom. The van der Waals surface area contributed by atoms with Crippen LogP contribution >= 0.6 is 23.7 Å². The Balaban J connectivity index is 0.00000242.